The molecule has 1 N–H and O–H groups in total. The van der Waals surface area contributed by atoms with E-state index < -0.39 is 0 Å². The van der Waals surface area contributed by atoms with Crippen molar-refractivity contribution in [3.8, 4) is 11.1 Å². The first kappa shape index (κ1) is 17.0. The van der Waals surface area contributed by atoms with E-state index in [1.54, 1.807) is 6.07 Å². The third kappa shape index (κ3) is 2.95. The molecule has 1 aliphatic rings. The number of hydrogen-bond donors (Lipinski definition) is 1. The summed E-state index contributed by atoms with van der Waals surface area (Å²) in [7, 11) is 0. The maximum Gasteiger partial charge on any atom is 0.0671 e. The highest BCUT2D eigenvalue weighted by atomic mass is 35.5. The molecule has 0 radical (unpaired) electrons. The summed E-state index contributed by atoms with van der Waals surface area (Å²) in [5.74, 6) is 0.380. The largest absolute Gasteiger partial charge is 0.380 e. The predicted molar refractivity (Wildman–Crippen MR) is 102 cm³/mol. The molecule has 1 nitrogen and oxygen atoms in total. The van der Waals surface area contributed by atoms with Crippen LogP contribution in [0, 0.1) is 6.92 Å². The van der Waals surface area contributed by atoms with Gasteiger partial charge in [0.15, 0.2) is 0 Å². The van der Waals surface area contributed by atoms with E-state index in [-0.39, 0.29) is 5.54 Å². The standard InChI is InChI=1S/C19H20Cl3N/c1-10-8-13(12-6-5-7-14(20)16(12)21)17(22)15-11(2)9-19(3,4)23-18(10)15/h5-8,11,23H,9H2,1-4H3. The van der Waals surface area contributed by atoms with Crippen molar-refractivity contribution in [3.05, 3.63) is 50.5 Å². The smallest absolute Gasteiger partial charge is 0.0671 e. The first-order chi connectivity index (χ1) is 10.7. The first-order valence-corrected chi connectivity index (χ1v) is 8.90. The number of fused-ring (bicyclic) bond motifs is 1. The van der Waals surface area contributed by atoms with Gasteiger partial charge in [-0.1, -0.05) is 53.9 Å². The Morgan fingerprint density at radius 1 is 1.09 bits per heavy atom. The molecule has 1 atom stereocenters. The average molecular weight is 369 g/mol. The van der Waals surface area contributed by atoms with Gasteiger partial charge >= 0.3 is 0 Å². The molecule has 0 amide bonds. The summed E-state index contributed by atoms with van der Waals surface area (Å²) in [6.07, 6.45) is 1.03. The van der Waals surface area contributed by atoms with Crippen LogP contribution in [-0.2, 0) is 0 Å². The summed E-state index contributed by atoms with van der Waals surface area (Å²) < 4.78 is 0. The van der Waals surface area contributed by atoms with Gasteiger partial charge in [0.25, 0.3) is 0 Å². The van der Waals surface area contributed by atoms with E-state index in [2.05, 4.69) is 39.1 Å². The van der Waals surface area contributed by atoms with Crippen molar-refractivity contribution in [2.24, 2.45) is 0 Å². The Bertz CT molecular complexity index is 781. The highest BCUT2D eigenvalue weighted by Gasteiger charge is 2.33. The number of nitrogens with one attached hydrogen (secondary N) is 1. The van der Waals surface area contributed by atoms with Crippen molar-refractivity contribution >= 4 is 40.5 Å². The molecule has 2 aromatic rings. The number of rotatable bonds is 1. The molecular formula is C19H20Cl3N. The lowest BCUT2D eigenvalue weighted by molar-refractivity contribution is 0.454. The lowest BCUT2D eigenvalue weighted by Crippen LogP contribution is -2.37. The third-order valence-electron chi connectivity index (χ3n) is 4.51. The molecule has 0 spiro atoms. The summed E-state index contributed by atoms with van der Waals surface area (Å²) in [5, 5.41) is 5.50. The molecule has 4 heteroatoms. The minimum absolute atomic E-state index is 0.0652. The zero-order valence-corrected chi connectivity index (χ0v) is 16.0. The Morgan fingerprint density at radius 2 is 1.78 bits per heavy atom. The normalized spacial score (nSPS) is 19.2. The highest BCUT2D eigenvalue weighted by molar-refractivity contribution is 6.44. The van der Waals surface area contributed by atoms with Gasteiger partial charge in [-0.2, -0.15) is 0 Å². The molecule has 3 rings (SSSR count). The zero-order valence-electron chi connectivity index (χ0n) is 13.7. The first-order valence-electron chi connectivity index (χ1n) is 7.77. The van der Waals surface area contributed by atoms with Gasteiger partial charge in [-0.05, 0) is 56.4 Å². The van der Waals surface area contributed by atoms with Gasteiger partial charge in [0.2, 0.25) is 0 Å². The van der Waals surface area contributed by atoms with E-state index >= 15 is 0 Å². The molecule has 0 fully saturated rings. The lowest BCUT2D eigenvalue weighted by Gasteiger charge is -2.39. The molecule has 0 saturated heterocycles. The maximum atomic E-state index is 6.80. The van der Waals surface area contributed by atoms with Gasteiger partial charge < -0.3 is 5.32 Å². The molecule has 0 saturated carbocycles. The summed E-state index contributed by atoms with van der Waals surface area (Å²) in [4.78, 5) is 0. The van der Waals surface area contributed by atoms with Gasteiger partial charge in [0.1, 0.15) is 0 Å². The molecule has 0 aliphatic carbocycles. The average Bonchev–Trinajstić information content (AvgIpc) is 2.44. The van der Waals surface area contributed by atoms with Crippen LogP contribution in [0.4, 0.5) is 5.69 Å². The van der Waals surface area contributed by atoms with Crippen LogP contribution in [0.25, 0.3) is 11.1 Å². The number of anilines is 1. The van der Waals surface area contributed by atoms with E-state index in [1.165, 1.54) is 11.1 Å². The van der Waals surface area contributed by atoms with E-state index in [9.17, 15) is 0 Å². The fraction of sp³-hybridized carbons (Fsp3) is 0.368. The van der Waals surface area contributed by atoms with Crippen LogP contribution in [0.1, 0.15) is 44.2 Å². The van der Waals surface area contributed by atoms with Crippen molar-refractivity contribution < 1.29 is 0 Å². The number of benzene rings is 2. The van der Waals surface area contributed by atoms with Gasteiger partial charge in [0, 0.05) is 22.4 Å². The Labute approximate surface area is 152 Å². The monoisotopic (exact) mass is 367 g/mol. The number of aryl methyl sites for hydroxylation is 1. The topological polar surface area (TPSA) is 12.0 Å². The van der Waals surface area contributed by atoms with Crippen LogP contribution < -0.4 is 5.32 Å². The van der Waals surface area contributed by atoms with Crippen molar-refractivity contribution in [2.75, 3.05) is 5.32 Å². The van der Waals surface area contributed by atoms with Gasteiger partial charge in [-0.25, -0.2) is 0 Å². The van der Waals surface area contributed by atoms with E-state index in [4.69, 9.17) is 34.8 Å². The van der Waals surface area contributed by atoms with Crippen molar-refractivity contribution in [1.82, 2.24) is 0 Å². The molecular weight excluding hydrogens is 349 g/mol. The number of halogens is 3. The van der Waals surface area contributed by atoms with Crippen molar-refractivity contribution in [1.29, 1.82) is 0 Å². The fourth-order valence-electron chi connectivity index (χ4n) is 3.61. The predicted octanol–water partition coefficient (Wildman–Crippen LogP) is 7.32. The van der Waals surface area contributed by atoms with E-state index in [0.717, 1.165) is 28.3 Å². The second kappa shape index (κ2) is 5.88. The summed E-state index contributed by atoms with van der Waals surface area (Å²) in [5.41, 5.74) is 5.40. The summed E-state index contributed by atoms with van der Waals surface area (Å²) >= 11 is 19.4. The van der Waals surface area contributed by atoms with E-state index in [0.29, 0.717) is 16.0 Å². The van der Waals surface area contributed by atoms with Crippen LogP contribution in [0.5, 0.6) is 0 Å². The van der Waals surface area contributed by atoms with Crippen LogP contribution in [-0.4, -0.2) is 5.54 Å². The third-order valence-corrected chi connectivity index (χ3v) is 5.74. The maximum absolute atomic E-state index is 6.80. The SMILES string of the molecule is Cc1cc(-c2cccc(Cl)c2Cl)c(Cl)c2c1NC(C)(C)CC2C. The van der Waals surface area contributed by atoms with Crippen LogP contribution >= 0.6 is 34.8 Å². The number of hydrogen-bond acceptors (Lipinski definition) is 1. The van der Waals surface area contributed by atoms with Crippen LogP contribution in [0.3, 0.4) is 0 Å². The van der Waals surface area contributed by atoms with Gasteiger partial charge in [0.05, 0.1) is 15.1 Å². The summed E-state index contributed by atoms with van der Waals surface area (Å²) in [6.45, 7) is 8.79. The minimum atomic E-state index is 0.0652. The fourth-order valence-corrected chi connectivity index (χ4v) is 4.45. The summed E-state index contributed by atoms with van der Waals surface area (Å²) in [6, 6.07) is 7.75. The molecule has 122 valence electrons. The minimum Gasteiger partial charge on any atom is -0.380 e. The Balaban J connectivity index is 2.25. The Kier molecular flexibility index (Phi) is 4.33. The second-order valence-electron chi connectivity index (χ2n) is 7.06. The van der Waals surface area contributed by atoms with Crippen molar-refractivity contribution in [3.63, 3.8) is 0 Å². The van der Waals surface area contributed by atoms with Gasteiger partial charge in [-0.15, -0.1) is 0 Å². The van der Waals surface area contributed by atoms with Crippen LogP contribution in [0.2, 0.25) is 15.1 Å². The molecule has 1 heterocycles. The second-order valence-corrected chi connectivity index (χ2v) is 8.22. The van der Waals surface area contributed by atoms with Gasteiger partial charge in [-0.3, -0.25) is 0 Å². The zero-order chi connectivity index (χ0) is 16.9. The molecule has 0 bridgehead atoms. The Morgan fingerprint density at radius 3 is 2.48 bits per heavy atom. The van der Waals surface area contributed by atoms with E-state index in [1.807, 2.05) is 12.1 Å². The molecule has 2 aromatic carbocycles. The molecule has 0 aromatic heterocycles. The van der Waals surface area contributed by atoms with Crippen LogP contribution in [0.15, 0.2) is 24.3 Å². The Hall–Kier alpha value is -0.890. The highest BCUT2D eigenvalue weighted by Crippen LogP contribution is 2.48. The molecule has 23 heavy (non-hydrogen) atoms. The quantitative estimate of drug-likeness (QED) is 0.556. The molecule has 1 unspecified atom stereocenters. The van der Waals surface area contributed by atoms with Crippen molar-refractivity contribution in [2.45, 2.75) is 45.6 Å². The molecule has 1 aliphatic heterocycles. The lowest BCUT2D eigenvalue weighted by atomic mass is 9.79.